The molecule has 0 aromatic heterocycles. The van der Waals surface area contributed by atoms with Gasteiger partial charge in [0.25, 0.3) is 5.91 Å². The Morgan fingerprint density at radius 1 is 0.940 bits per heavy atom. The van der Waals surface area contributed by atoms with Crippen LogP contribution in [-0.2, 0) is 33.5 Å². The molecule has 0 radical (unpaired) electrons. The average Bonchev–Trinajstić information content (AvgIpc) is 3.52. The highest BCUT2D eigenvalue weighted by Gasteiger charge is 2.63. The molecule has 1 aromatic rings. The van der Waals surface area contributed by atoms with Crippen molar-refractivity contribution < 1.29 is 38.3 Å². The molecule has 4 rings (SSSR count). The van der Waals surface area contributed by atoms with Crippen molar-refractivity contribution in [3.63, 3.8) is 0 Å². The molecule has 2 aliphatic carbocycles. The average molecular weight is 696 g/mol. The monoisotopic (exact) mass is 695 g/mol. The number of ether oxygens (including phenoxy) is 1. The topological polar surface area (TPSA) is 180 Å². The fraction of sp³-hybridized carbons (Fsp3) is 0.649. The van der Waals surface area contributed by atoms with Crippen LogP contribution < -0.4 is 21.3 Å². The lowest BCUT2D eigenvalue weighted by Gasteiger charge is -2.36. The van der Waals surface area contributed by atoms with Crippen LogP contribution in [0.4, 0.5) is 4.79 Å². The van der Waals surface area contributed by atoms with Crippen LogP contribution >= 0.6 is 0 Å². The Bertz CT molecular complexity index is 1410. The Morgan fingerprint density at radius 2 is 1.62 bits per heavy atom. The van der Waals surface area contributed by atoms with Crippen LogP contribution in [0.1, 0.15) is 91.2 Å². The lowest BCUT2D eigenvalue weighted by atomic mass is 9.83. The first-order chi connectivity index (χ1) is 23.8. The molecule has 5 amide bonds. The largest absolute Gasteiger partial charge is 0.449 e. The number of amides is 5. The van der Waals surface area contributed by atoms with Crippen LogP contribution in [0, 0.1) is 29.6 Å². The molecule has 3 aliphatic rings. The van der Waals surface area contributed by atoms with Crippen molar-refractivity contribution in [1.29, 1.82) is 0 Å². The molecule has 13 nitrogen and oxygen atoms in total. The SMILES string of the molecule is CCCC(NC(=O)[C@@H]1[C@H]2[C@H](C)[C@H]2CN1C(=O)[C@@H](NC(=O)OCC(C)C)C1CCCCC1)C(=O)C(=O)NCC(=O)N[C@H](C(C)=O)c1ccccc1. The summed E-state index contributed by atoms with van der Waals surface area (Å²) < 4.78 is 5.36. The van der Waals surface area contributed by atoms with E-state index in [1.54, 1.807) is 35.2 Å². The van der Waals surface area contributed by atoms with E-state index in [1.165, 1.54) is 6.92 Å². The van der Waals surface area contributed by atoms with Crippen molar-refractivity contribution in [1.82, 2.24) is 26.2 Å². The maximum atomic E-state index is 14.2. The van der Waals surface area contributed by atoms with Gasteiger partial charge in [0.05, 0.1) is 19.2 Å². The van der Waals surface area contributed by atoms with Gasteiger partial charge in [-0.05, 0) is 61.3 Å². The minimum atomic E-state index is -1.17. The Kier molecular flexibility index (Phi) is 13.5. The first-order valence-corrected chi connectivity index (χ1v) is 18.0. The zero-order valence-electron chi connectivity index (χ0n) is 29.9. The second kappa shape index (κ2) is 17.6. The molecule has 7 atom stereocenters. The van der Waals surface area contributed by atoms with Gasteiger partial charge in [-0.3, -0.25) is 28.8 Å². The summed E-state index contributed by atoms with van der Waals surface area (Å²) in [6.07, 6.45) is 4.48. The van der Waals surface area contributed by atoms with Gasteiger partial charge in [0.2, 0.25) is 23.5 Å². The van der Waals surface area contributed by atoms with E-state index >= 15 is 0 Å². The number of piperidine rings is 1. The molecule has 1 heterocycles. The van der Waals surface area contributed by atoms with Gasteiger partial charge in [-0.25, -0.2) is 4.79 Å². The van der Waals surface area contributed by atoms with E-state index in [0.717, 1.165) is 32.1 Å². The van der Waals surface area contributed by atoms with E-state index in [2.05, 4.69) is 21.3 Å². The number of hydrogen-bond acceptors (Lipinski definition) is 8. The Hall–Kier alpha value is -4.29. The number of nitrogens with one attached hydrogen (secondary N) is 4. The fourth-order valence-electron chi connectivity index (χ4n) is 7.42. The van der Waals surface area contributed by atoms with Gasteiger partial charge >= 0.3 is 6.09 Å². The minimum Gasteiger partial charge on any atom is -0.449 e. The van der Waals surface area contributed by atoms with Crippen LogP contribution in [0.2, 0.25) is 0 Å². The molecule has 0 spiro atoms. The number of benzene rings is 1. The van der Waals surface area contributed by atoms with Gasteiger partial charge in [0, 0.05) is 6.54 Å². The lowest BCUT2D eigenvalue weighted by Crippen LogP contribution is -2.59. The highest BCUT2D eigenvalue weighted by Crippen LogP contribution is 2.55. The van der Waals surface area contributed by atoms with E-state index in [0.29, 0.717) is 18.5 Å². The third-order valence-corrected chi connectivity index (χ3v) is 10.2. The maximum Gasteiger partial charge on any atom is 0.407 e. The number of carbonyl (C=O) groups excluding carboxylic acids is 7. The number of rotatable bonds is 16. The third kappa shape index (κ3) is 9.69. The molecule has 50 heavy (non-hydrogen) atoms. The fourth-order valence-corrected chi connectivity index (χ4v) is 7.42. The maximum absolute atomic E-state index is 14.2. The molecule has 274 valence electrons. The number of alkyl carbamates (subject to hydrolysis) is 1. The number of Topliss-reactive ketones (excluding diaryl/α,β-unsaturated/α-hetero) is 2. The number of carbonyl (C=O) groups is 7. The molecule has 1 aromatic carbocycles. The summed E-state index contributed by atoms with van der Waals surface area (Å²) in [6.45, 7) is 9.06. The molecular weight excluding hydrogens is 642 g/mol. The van der Waals surface area contributed by atoms with Crippen LogP contribution in [0.5, 0.6) is 0 Å². The Balaban J connectivity index is 1.41. The summed E-state index contributed by atoms with van der Waals surface area (Å²) in [7, 11) is 0. The van der Waals surface area contributed by atoms with Crippen molar-refractivity contribution in [3.8, 4) is 0 Å². The van der Waals surface area contributed by atoms with Gasteiger partial charge in [0.15, 0.2) is 5.78 Å². The zero-order valence-corrected chi connectivity index (χ0v) is 29.9. The number of nitrogens with zero attached hydrogens (tertiary/aromatic N) is 1. The van der Waals surface area contributed by atoms with Gasteiger partial charge in [0.1, 0.15) is 18.1 Å². The molecule has 0 bridgehead atoms. The smallest absolute Gasteiger partial charge is 0.407 e. The van der Waals surface area contributed by atoms with Crippen molar-refractivity contribution >= 4 is 41.3 Å². The van der Waals surface area contributed by atoms with Crippen LogP contribution in [0.3, 0.4) is 0 Å². The predicted octanol–water partition coefficient (Wildman–Crippen LogP) is 2.83. The highest BCUT2D eigenvalue weighted by atomic mass is 16.5. The Labute approximate surface area is 294 Å². The summed E-state index contributed by atoms with van der Waals surface area (Å²) in [5.74, 6) is -3.52. The molecule has 1 saturated heterocycles. The summed E-state index contributed by atoms with van der Waals surface area (Å²) in [5, 5.41) is 10.5. The van der Waals surface area contributed by atoms with Gasteiger partial charge in [-0.1, -0.05) is 83.7 Å². The zero-order chi connectivity index (χ0) is 36.5. The predicted molar refractivity (Wildman–Crippen MR) is 184 cm³/mol. The number of ketones is 2. The summed E-state index contributed by atoms with van der Waals surface area (Å²) in [5.41, 5.74) is 0.583. The molecule has 1 aliphatic heterocycles. The molecule has 1 unspecified atom stereocenters. The molecule has 3 fully saturated rings. The van der Waals surface area contributed by atoms with Crippen LogP contribution in [0.25, 0.3) is 0 Å². The lowest BCUT2D eigenvalue weighted by molar-refractivity contribution is -0.144. The van der Waals surface area contributed by atoms with E-state index in [4.69, 9.17) is 4.74 Å². The van der Waals surface area contributed by atoms with E-state index in [-0.39, 0.29) is 54.3 Å². The summed E-state index contributed by atoms with van der Waals surface area (Å²) >= 11 is 0. The standard InChI is InChI=1S/C37H53N5O8/c1-6-13-27(33(45)35(47)38-18-28(44)40-30(23(5)43)24-14-9-7-10-15-24)39-34(46)32-29-22(4)26(29)19-42(32)36(48)31(25-16-11-8-12-17-25)41-37(49)50-20-21(2)3/h7,9-10,14-15,21-22,25-27,29-32H,6,8,11-13,16-20H2,1-5H3,(H,38,47)(H,39,46)(H,40,44)(H,41,49)/t22-,26-,27?,29+,30-,31+,32+/m1/s1. The van der Waals surface area contributed by atoms with Gasteiger partial charge in [-0.2, -0.15) is 0 Å². The second-order valence-corrected chi connectivity index (χ2v) is 14.5. The van der Waals surface area contributed by atoms with E-state index in [9.17, 15) is 33.6 Å². The van der Waals surface area contributed by atoms with Crippen molar-refractivity contribution in [3.05, 3.63) is 35.9 Å². The number of hydrogen-bond donors (Lipinski definition) is 4. The molecule has 4 N–H and O–H groups in total. The number of fused-ring (bicyclic) bond motifs is 1. The van der Waals surface area contributed by atoms with E-state index in [1.807, 2.05) is 27.7 Å². The minimum absolute atomic E-state index is 0.0883. The normalized spacial score (nSPS) is 23.1. The first kappa shape index (κ1) is 38.5. The van der Waals surface area contributed by atoms with Gasteiger partial charge in [-0.15, -0.1) is 0 Å². The number of likely N-dealkylation sites (tertiary alicyclic amines) is 1. The second-order valence-electron chi connectivity index (χ2n) is 14.5. The molecular formula is C37H53N5O8. The van der Waals surface area contributed by atoms with Crippen molar-refractivity contribution in [2.45, 2.75) is 104 Å². The van der Waals surface area contributed by atoms with Crippen molar-refractivity contribution in [2.24, 2.45) is 29.6 Å². The summed E-state index contributed by atoms with van der Waals surface area (Å²) in [4.78, 5) is 93.5. The molecule has 2 saturated carbocycles. The van der Waals surface area contributed by atoms with Crippen LogP contribution in [0.15, 0.2) is 30.3 Å². The molecule has 13 heteroatoms. The first-order valence-electron chi connectivity index (χ1n) is 18.0. The summed E-state index contributed by atoms with van der Waals surface area (Å²) in [6, 6.07) is 4.88. The Morgan fingerprint density at radius 3 is 2.24 bits per heavy atom. The third-order valence-electron chi connectivity index (χ3n) is 10.2. The quantitative estimate of drug-likeness (QED) is 0.191. The van der Waals surface area contributed by atoms with Crippen LogP contribution in [-0.4, -0.2) is 84.0 Å². The highest BCUT2D eigenvalue weighted by molar-refractivity contribution is 6.38. The van der Waals surface area contributed by atoms with Crippen molar-refractivity contribution in [2.75, 3.05) is 19.7 Å². The van der Waals surface area contributed by atoms with Gasteiger partial charge < -0.3 is 30.9 Å². The van der Waals surface area contributed by atoms with E-state index < -0.39 is 60.3 Å².